The number of hydrogen-bond acceptors (Lipinski definition) is 6. The van der Waals surface area contributed by atoms with Crippen LogP contribution in [0.3, 0.4) is 0 Å². The second-order valence-electron chi connectivity index (χ2n) is 9.21. The van der Waals surface area contributed by atoms with Gasteiger partial charge in [0.25, 0.3) is 5.91 Å². The standard InChI is InChI=1S/C29H26FNO6/c1-16(2)15-36-23-10-8-17(12-24(23)35-4)26-25-27(32)21-13-18(30)9-11-22(21)37-28(25)29(33)31(26)19-6-5-7-20(14-19)34-3/h5-14,16,26H,15H2,1-4H3. The lowest BCUT2D eigenvalue weighted by atomic mass is 9.97. The number of fused-ring (bicyclic) bond motifs is 2. The lowest BCUT2D eigenvalue weighted by Crippen LogP contribution is -2.29. The molecule has 4 aromatic rings. The first-order valence-corrected chi connectivity index (χ1v) is 11.9. The fourth-order valence-electron chi connectivity index (χ4n) is 4.52. The molecule has 1 aromatic heterocycles. The SMILES string of the molecule is COc1cccc(N2C(=O)c3oc4ccc(F)cc4c(=O)c3C2c2ccc(OCC(C)C)c(OC)c2)c1. The molecule has 0 saturated carbocycles. The molecule has 0 radical (unpaired) electrons. The van der Waals surface area contributed by atoms with Gasteiger partial charge in [-0.05, 0) is 53.9 Å². The summed E-state index contributed by atoms with van der Waals surface area (Å²) in [6.45, 7) is 4.58. The largest absolute Gasteiger partial charge is 0.497 e. The summed E-state index contributed by atoms with van der Waals surface area (Å²) in [6.07, 6.45) is 0. The van der Waals surface area contributed by atoms with Crippen molar-refractivity contribution in [3.63, 3.8) is 0 Å². The van der Waals surface area contributed by atoms with Gasteiger partial charge in [-0.2, -0.15) is 0 Å². The molecule has 0 saturated heterocycles. The summed E-state index contributed by atoms with van der Waals surface area (Å²) in [7, 11) is 3.06. The van der Waals surface area contributed by atoms with Gasteiger partial charge < -0.3 is 18.6 Å². The number of hydrogen-bond donors (Lipinski definition) is 0. The molecule has 37 heavy (non-hydrogen) atoms. The van der Waals surface area contributed by atoms with Crippen LogP contribution in [0.2, 0.25) is 0 Å². The predicted molar refractivity (Wildman–Crippen MR) is 137 cm³/mol. The van der Waals surface area contributed by atoms with Gasteiger partial charge in [-0.1, -0.05) is 26.0 Å². The summed E-state index contributed by atoms with van der Waals surface area (Å²) in [6, 6.07) is 15.1. The number of carbonyl (C=O) groups excluding carboxylic acids is 1. The molecular weight excluding hydrogens is 477 g/mol. The Kier molecular flexibility index (Phi) is 6.33. The minimum absolute atomic E-state index is 0.0629. The fraction of sp³-hybridized carbons (Fsp3) is 0.241. The summed E-state index contributed by atoms with van der Waals surface area (Å²) in [5.74, 6) is 0.711. The molecule has 0 spiro atoms. The minimum atomic E-state index is -0.855. The second kappa shape index (κ2) is 9.61. The van der Waals surface area contributed by atoms with Gasteiger partial charge in [0, 0.05) is 11.8 Å². The van der Waals surface area contributed by atoms with E-state index in [2.05, 4.69) is 0 Å². The maximum Gasteiger partial charge on any atom is 0.295 e. The van der Waals surface area contributed by atoms with E-state index < -0.39 is 23.2 Å². The number of rotatable bonds is 7. The van der Waals surface area contributed by atoms with Crippen LogP contribution in [0.1, 0.15) is 41.6 Å². The van der Waals surface area contributed by atoms with Crippen LogP contribution in [0.15, 0.2) is 69.9 Å². The molecule has 2 heterocycles. The predicted octanol–water partition coefficient (Wildman–Crippen LogP) is 5.73. The Morgan fingerprint density at radius 3 is 2.51 bits per heavy atom. The summed E-state index contributed by atoms with van der Waals surface area (Å²) in [5.41, 5.74) is 0.906. The Bertz CT molecular complexity index is 1560. The fourth-order valence-corrected chi connectivity index (χ4v) is 4.52. The second-order valence-corrected chi connectivity index (χ2v) is 9.21. The van der Waals surface area contributed by atoms with E-state index >= 15 is 0 Å². The first kappa shape index (κ1) is 24.4. The van der Waals surface area contributed by atoms with Crippen molar-refractivity contribution in [1.29, 1.82) is 0 Å². The van der Waals surface area contributed by atoms with Crippen molar-refractivity contribution in [3.05, 3.63) is 93.6 Å². The van der Waals surface area contributed by atoms with Gasteiger partial charge in [-0.15, -0.1) is 0 Å². The van der Waals surface area contributed by atoms with E-state index in [0.717, 1.165) is 6.07 Å². The molecule has 1 unspecified atom stereocenters. The van der Waals surface area contributed by atoms with Gasteiger partial charge in [-0.25, -0.2) is 4.39 Å². The molecule has 0 N–H and O–H groups in total. The van der Waals surface area contributed by atoms with E-state index in [1.54, 1.807) is 42.5 Å². The summed E-state index contributed by atoms with van der Waals surface area (Å²) < 4.78 is 36.8. The molecule has 1 aliphatic rings. The third kappa shape index (κ3) is 4.28. The van der Waals surface area contributed by atoms with Gasteiger partial charge in [0.15, 0.2) is 16.9 Å². The number of halogens is 1. The van der Waals surface area contributed by atoms with Crippen LogP contribution >= 0.6 is 0 Å². The topological polar surface area (TPSA) is 78.2 Å². The Labute approximate surface area is 213 Å². The van der Waals surface area contributed by atoms with Crippen LogP contribution in [0.25, 0.3) is 11.0 Å². The van der Waals surface area contributed by atoms with Gasteiger partial charge in [0.05, 0.1) is 37.8 Å². The number of methoxy groups -OCH3 is 2. The Morgan fingerprint density at radius 1 is 0.973 bits per heavy atom. The highest BCUT2D eigenvalue weighted by atomic mass is 19.1. The number of carbonyl (C=O) groups is 1. The normalized spacial score (nSPS) is 14.8. The van der Waals surface area contributed by atoms with E-state index in [9.17, 15) is 14.0 Å². The number of amides is 1. The van der Waals surface area contributed by atoms with Crippen molar-refractivity contribution in [1.82, 2.24) is 0 Å². The van der Waals surface area contributed by atoms with Crippen LogP contribution in [-0.2, 0) is 0 Å². The van der Waals surface area contributed by atoms with Crippen LogP contribution in [0.5, 0.6) is 17.2 Å². The van der Waals surface area contributed by atoms with E-state index in [1.165, 1.54) is 31.3 Å². The molecule has 5 rings (SSSR count). The van der Waals surface area contributed by atoms with Crippen LogP contribution in [0, 0.1) is 11.7 Å². The Morgan fingerprint density at radius 2 is 1.78 bits per heavy atom. The van der Waals surface area contributed by atoms with E-state index in [0.29, 0.717) is 41.0 Å². The molecule has 190 valence electrons. The van der Waals surface area contributed by atoms with Gasteiger partial charge in [0.2, 0.25) is 5.76 Å². The highest BCUT2D eigenvalue weighted by Gasteiger charge is 2.44. The molecular formula is C29H26FNO6. The van der Waals surface area contributed by atoms with Crippen molar-refractivity contribution in [3.8, 4) is 17.2 Å². The number of nitrogens with zero attached hydrogens (tertiary/aromatic N) is 1. The van der Waals surface area contributed by atoms with E-state index in [1.807, 2.05) is 13.8 Å². The zero-order chi connectivity index (χ0) is 26.3. The first-order valence-electron chi connectivity index (χ1n) is 11.9. The molecule has 0 fully saturated rings. The van der Waals surface area contributed by atoms with Crippen LogP contribution in [-0.4, -0.2) is 26.7 Å². The Hall–Kier alpha value is -4.33. The average molecular weight is 504 g/mol. The van der Waals surface area contributed by atoms with E-state index in [4.69, 9.17) is 18.6 Å². The van der Waals surface area contributed by atoms with Gasteiger partial charge >= 0.3 is 0 Å². The van der Waals surface area contributed by atoms with Gasteiger partial charge in [-0.3, -0.25) is 14.5 Å². The lowest BCUT2D eigenvalue weighted by Gasteiger charge is -2.26. The van der Waals surface area contributed by atoms with Gasteiger partial charge in [0.1, 0.15) is 17.1 Å². The third-order valence-corrected chi connectivity index (χ3v) is 6.24. The molecule has 1 amide bonds. The average Bonchev–Trinajstić information content (AvgIpc) is 3.20. The highest BCUT2D eigenvalue weighted by molar-refractivity contribution is 6.10. The Balaban J connectivity index is 1.74. The summed E-state index contributed by atoms with van der Waals surface area (Å²) in [4.78, 5) is 29.0. The summed E-state index contributed by atoms with van der Waals surface area (Å²) in [5, 5.41) is 0.0629. The van der Waals surface area contributed by atoms with Crippen molar-refractivity contribution in [2.75, 3.05) is 25.7 Å². The maximum absolute atomic E-state index is 14.1. The quantitative estimate of drug-likeness (QED) is 0.320. The number of ether oxygens (including phenoxy) is 3. The smallest absolute Gasteiger partial charge is 0.295 e. The molecule has 7 nitrogen and oxygen atoms in total. The third-order valence-electron chi connectivity index (χ3n) is 6.24. The van der Waals surface area contributed by atoms with Crippen molar-refractivity contribution >= 4 is 22.6 Å². The molecule has 3 aromatic carbocycles. The summed E-state index contributed by atoms with van der Waals surface area (Å²) >= 11 is 0. The van der Waals surface area contributed by atoms with Crippen molar-refractivity contribution in [2.45, 2.75) is 19.9 Å². The maximum atomic E-state index is 14.1. The molecule has 0 bridgehead atoms. The highest BCUT2D eigenvalue weighted by Crippen LogP contribution is 2.44. The lowest BCUT2D eigenvalue weighted by molar-refractivity contribution is 0.0971. The van der Waals surface area contributed by atoms with Crippen LogP contribution < -0.4 is 24.5 Å². The molecule has 1 atom stereocenters. The van der Waals surface area contributed by atoms with Crippen LogP contribution in [0.4, 0.5) is 10.1 Å². The monoisotopic (exact) mass is 503 g/mol. The van der Waals surface area contributed by atoms with Crippen molar-refractivity contribution in [2.24, 2.45) is 5.92 Å². The van der Waals surface area contributed by atoms with Crippen molar-refractivity contribution < 1.29 is 27.8 Å². The zero-order valence-corrected chi connectivity index (χ0v) is 20.9. The first-order chi connectivity index (χ1) is 17.8. The molecule has 8 heteroatoms. The minimum Gasteiger partial charge on any atom is -0.497 e. The zero-order valence-electron chi connectivity index (χ0n) is 20.9. The number of benzene rings is 3. The van der Waals surface area contributed by atoms with E-state index in [-0.39, 0.29) is 22.3 Å². The molecule has 1 aliphatic heterocycles. The number of anilines is 1. The molecule has 0 aliphatic carbocycles.